The highest BCUT2D eigenvalue weighted by Gasteiger charge is 2.11. The summed E-state index contributed by atoms with van der Waals surface area (Å²) in [7, 11) is 0. The van der Waals surface area contributed by atoms with Crippen molar-refractivity contribution in [2.24, 2.45) is 0 Å². The lowest BCUT2D eigenvalue weighted by atomic mass is 10.0. The first kappa shape index (κ1) is 15.5. The molecule has 0 amide bonds. The van der Waals surface area contributed by atoms with Gasteiger partial charge >= 0.3 is 0 Å². The molecule has 0 atom stereocenters. The van der Waals surface area contributed by atoms with Crippen molar-refractivity contribution in [3.05, 3.63) is 83.9 Å². The molecule has 2 aromatic carbocycles. The summed E-state index contributed by atoms with van der Waals surface area (Å²) in [5.74, 6) is 0.707. The normalized spacial score (nSPS) is 10.8. The molecule has 2 heterocycles. The van der Waals surface area contributed by atoms with Crippen molar-refractivity contribution in [3.63, 3.8) is 0 Å². The van der Waals surface area contributed by atoms with Crippen LogP contribution in [0.15, 0.2) is 72.9 Å². The minimum absolute atomic E-state index is 0.222. The molecular weight excluding hydrogens is 332 g/mol. The van der Waals surface area contributed by atoms with Crippen molar-refractivity contribution >= 4 is 28.3 Å². The van der Waals surface area contributed by atoms with E-state index in [-0.39, 0.29) is 5.28 Å². The van der Waals surface area contributed by atoms with Crippen LogP contribution in [0.25, 0.3) is 22.0 Å². The molecule has 2 aromatic heterocycles. The molecule has 0 saturated heterocycles. The fourth-order valence-corrected chi connectivity index (χ4v) is 2.96. The summed E-state index contributed by atoms with van der Waals surface area (Å²) < 4.78 is 0. The number of pyridine rings is 1. The van der Waals surface area contributed by atoms with Gasteiger partial charge in [0, 0.05) is 17.1 Å². The molecule has 0 spiro atoms. The minimum atomic E-state index is 0.222. The van der Waals surface area contributed by atoms with E-state index < -0.39 is 0 Å². The molecule has 25 heavy (non-hydrogen) atoms. The second-order valence-corrected chi connectivity index (χ2v) is 5.92. The maximum absolute atomic E-state index is 6.19. The average Bonchev–Trinajstić information content (AvgIpc) is 2.67. The second kappa shape index (κ2) is 6.87. The summed E-state index contributed by atoms with van der Waals surface area (Å²) >= 11 is 6.19. The van der Waals surface area contributed by atoms with Gasteiger partial charge < -0.3 is 5.32 Å². The molecule has 0 aliphatic carbocycles. The first-order valence-corrected chi connectivity index (χ1v) is 8.34. The highest BCUT2D eigenvalue weighted by Crippen LogP contribution is 2.31. The van der Waals surface area contributed by atoms with Crippen LogP contribution in [-0.4, -0.2) is 15.0 Å². The summed E-state index contributed by atoms with van der Waals surface area (Å²) in [6.45, 7) is 0.568. The summed E-state index contributed by atoms with van der Waals surface area (Å²) in [6, 6.07) is 22.0. The lowest BCUT2D eigenvalue weighted by Gasteiger charge is -2.11. The number of rotatable bonds is 4. The Bertz CT molecular complexity index is 1000. The van der Waals surface area contributed by atoms with Crippen LogP contribution >= 0.6 is 11.6 Å². The molecule has 0 saturated carbocycles. The van der Waals surface area contributed by atoms with Crippen LogP contribution in [0.2, 0.25) is 5.28 Å². The maximum Gasteiger partial charge on any atom is 0.224 e. The van der Waals surface area contributed by atoms with Gasteiger partial charge in [-0.15, -0.1) is 0 Å². The van der Waals surface area contributed by atoms with Crippen molar-refractivity contribution in [3.8, 4) is 11.1 Å². The molecule has 5 heteroatoms. The smallest absolute Gasteiger partial charge is 0.224 e. The van der Waals surface area contributed by atoms with Crippen LogP contribution in [0, 0.1) is 0 Å². The van der Waals surface area contributed by atoms with E-state index in [9.17, 15) is 0 Å². The van der Waals surface area contributed by atoms with Gasteiger partial charge in [0.25, 0.3) is 0 Å². The van der Waals surface area contributed by atoms with Gasteiger partial charge in [-0.25, -0.2) is 9.97 Å². The Balaban J connectivity index is 1.78. The number of fused-ring (bicyclic) bond motifs is 1. The summed E-state index contributed by atoms with van der Waals surface area (Å²) in [5.41, 5.74) is 3.89. The quantitative estimate of drug-likeness (QED) is 0.531. The Kier molecular flexibility index (Phi) is 4.27. The van der Waals surface area contributed by atoms with Crippen LogP contribution in [0.3, 0.4) is 0 Å². The van der Waals surface area contributed by atoms with Gasteiger partial charge in [-0.1, -0.05) is 48.5 Å². The topological polar surface area (TPSA) is 50.7 Å². The van der Waals surface area contributed by atoms with Gasteiger partial charge in [0.2, 0.25) is 5.28 Å². The minimum Gasteiger partial charge on any atom is -0.364 e. The highest BCUT2D eigenvalue weighted by atomic mass is 35.5. The lowest BCUT2D eigenvalue weighted by Crippen LogP contribution is -2.04. The molecule has 4 aromatic rings. The molecular formula is C20H15ClN4. The molecule has 0 aliphatic rings. The Morgan fingerprint density at radius 1 is 0.840 bits per heavy atom. The predicted octanol–water partition coefficient (Wildman–Crippen LogP) is 4.96. The first-order chi connectivity index (χ1) is 12.3. The van der Waals surface area contributed by atoms with Crippen molar-refractivity contribution in [1.29, 1.82) is 0 Å². The zero-order chi connectivity index (χ0) is 17.1. The van der Waals surface area contributed by atoms with Crippen molar-refractivity contribution in [2.45, 2.75) is 6.54 Å². The number of anilines is 1. The third-order valence-electron chi connectivity index (χ3n) is 3.95. The van der Waals surface area contributed by atoms with Gasteiger partial charge in [0.15, 0.2) is 0 Å². The van der Waals surface area contributed by atoms with E-state index in [1.807, 2.05) is 54.6 Å². The van der Waals surface area contributed by atoms with Crippen molar-refractivity contribution < 1.29 is 0 Å². The van der Waals surface area contributed by atoms with E-state index in [0.29, 0.717) is 12.4 Å². The average molecular weight is 347 g/mol. The SMILES string of the molecule is Clc1nc(NCc2ccccn2)c2cccc(-c3ccccc3)c2n1. The van der Waals surface area contributed by atoms with Crippen molar-refractivity contribution in [1.82, 2.24) is 15.0 Å². The van der Waals surface area contributed by atoms with E-state index in [1.165, 1.54) is 0 Å². The number of nitrogens with zero attached hydrogens (tertiary/aromatic N) is 3. The number of halogens is 1. The summed E-state index contributed by atoms with van der Waals surface area (Å²) in [5, 5.41) is 4.48. The molecule has 1 N–H and O–H groups in total. The predicted molar refractivity (Wildman–Crippen MR) is 102 cm³/mol. The Hall–Kier alpha value is -2.98. The molecule has 0 aliphatic heterocycles. The van der Waals surface area contributed by atoms with E-state index >= 15 is 0 Å². The van der Waals surface area contributed by atoms with Gasteiger partial charge in [-0.3, -0.25) is 4.98 Å². The van der Waals surface area contributed by atoms with Crippen LogP contribution in [0.5, 0.6) is 0 Å². The van der Waals surface area contributed by atoms with Crippen LogP contribution in [-0.2, 0) is 6.54 Å². The molecule has 0 fully saturated rings. The third kappa shape index (κ3) is 3.30. The highest BCUT2D eigenvalue weighted by molar-refractivity contribution is 6.29. The zero-order valence-corrected chi connectivity index (χ0v) is 14.1. The Morgan fingerprint density at radius 3 is 2.48 bits per heavy atom. The monoisotopic (exact) mass is 346 g/mol. The molecule has 0 radical (unpaired) electrons. The summed E-state index contributed by atoms with van der Waals surface area (Å²) in [4.78, 5) is 13.2. The maximum atomic E-state index is 6.19. The lowest BCUT2D eigenvalue weighted by molar-refractivity contribution is 1.03. The van der Waals surface area contributed by atoms with Gasteiger partial charge in [-0.05, 0) is 35.4 Å². The van der Waals surface area contributed by atoms with Gasteiger partial charge in [-0.2, -0.15) is 0 Å². The molecule has 0 unspecified atom stereocenters. The third-order valence-corrected chi connectivity index (χ3v) is 4.12. The Morgan fingerprint density at radius 2 is 1.68 bits per heavy atom. The van der Waals surface area contributed by atoms with Crippen LogP contribution in [0.1, 0.15) is 5.69 Å². The van der Waals surface area contributed by atoms with Gasteiger partial charge in [0.05, 0.1) is 17.8 Å². The number of benzene rings is 2. The van der Waals surface area contributed by atoms with Crippen molar-refractivity contribution in [2.75, 3.05) is 5.32 Å². The fraction of sp³-hybridized carbons (Fsp3) is 0.0500. The van der Waals surface area contributed by atoms with Crippen LogP contribution < -0.4 is 5.32 Å². The van der Waals surface area contributed by atoms with E-state index in [1.54, 1.807) is 6.20 Å². The number of nitrogens with one attached hydrogen (secondary N) is 1. The molecule has 4 nitrogen and oxygen atoms in total. The van der Waals surface area contributed by atoms with E-state index in [4.69, 9.17) is 11.6 Å². The second-order valence-electron chi connectivity index (χ2n) is 5.58. The number of hydrogen-bond donors (Lipinski definition) is 1. The largest absolute Gasteiger partial charge is 0.364 e. The Labute approximate surface area is 150 Å². The van der Waals surface area contributed by atoms with E-state index in [2.05, 4.69) is 32.4 Å². The van der Waals surface area contributed by atoms with Gasteiger partial charge in [0.1, 0.15) is 5.82 Å². The molecule has 4 rings (SSSR count). The first-order valence-electron chi connectivity index (χ1n) is 7.97. The standard InChI is InChI=1S/C20H15ClN4/c21-20-24-18-16(14-7-2-1-3-8-14)10-6-11-17(18)19(25-20)23-13-15-9-4-5-12-22-15/h1-12H,13H2,(H,23,24,25). The zero-order valence-electron chi connectivity index (χ0n) is 13.4. The molecule has 122 valence electrons. The fourth-order valence-electron chi connectivity index (χ4n) is 2.79. The van der Waals surface area contributed by atoms with Crippen LogP contribution in [0.4, 0.5) is 5.82 Å². The number of aromatic nitrogens is 3. The molecule has 0 bridgehead atoms. The number of hydrogen-bond acceptors (Lipinski definition) is 4. The summed E-state index contributed by atoms with van der Waals surface area (Å²) in [6.07, 6.45) is 1.77. The number of para-hydroxylation sites is 1. The van der Waals surface area contributed by atoms with E-state index in [0.717, 1.165) is 27.7 Å².